The van der Waals surface area contributed by atoms with Gasteiger partial charge in [0.05, 0.1) is 17.4 Å². The van der Waals surface area contributed by atoms with Gasteiger partial charge in [-0.1, -0.05) is 11.3 Å². The van der Waals surface area contributed by atoms with Crippen molar-refractivity contribution in [3.63, 3.8) is 0 Å². The highest BCUT2D eigenvalue weighted by Crippen LogP contribution is 2.29. The van der Waals surface area contributed by atoms with Crippen LogP contribution in [0.1, 0.15) is 35.8 Å². The highest BCUT2D eigenvalue weighted by molar-refractivity contribution is 7.22. The second-order valence-electron chi connectivity index (χ2n) is 4.82. The summed E-state index contributed by atoms with van der Waals surface area (Å²) in [5.74, 6) is -0.584. The molecule has 0 radical (unpaired) electrons. The van der Waals surface area contributed by atoms with Crippen LogP contribution in [-0.2, 0) is 14.3 Å². The molecule has 0 aliphatic rings. The minimum absolute atomic E-state index is 0.139. The third kappa shape index (κ3) is 4.46. The van der Waals surface area contributed by atoms with Crippen LogP contribution in [-0.4, -0.2) is 42.2 Å². The summed E-state index contributed by atoms with van der Waals surface area (Å²) in [5.41, 5.74) is 1.50. The summed E-state index contributed by atoms with van der Waals surface area (Å²) in [4.78, 5) is 32.3. The average Bonchev–Trinajstić information content (AvgIpc) is 2.91. The molecular formula is C15H19N3O4S. The summed E-state index contributed by atoms with van der Waals surface area (Å²) < 4.78 is 10.6. The molecule has 124 valence electrons. The van der Waals surface area contributed by atoms with E-state index in [0.29, 0.717) is 52.8 Å². The number of ether oxygens (including phenoxy) is 2. The Bertz CT molecular complexity index is 714. The van der Waals surface area contributed by atoms with Crippen molar-refractivity contribution in [1.82, 2.24) is 9.97 Å². The molecule has 1 N–H and O–H groups in total. The molecule has 8 heteroatoms. The molecule has 7 nitrogen and oxygen atoms in total. The number of nitrogens with one attached hydrogen (secondary N) is 1. The van der Waals surface area contributed by atoms with E-state index < -0.39 is 5.97 Å². The van der Waals surface area contributed by atoms with Crippen LogP contribution in [0.15, 0.2) is 6.07 Å². The van der Waals surface area contributed by atoms with Gasteiger partial charge in [0.25, 0.3) is 0 Å². The lowest BCUT2D eigenvalue weighted by Gasteiger charge is -2.01. The minimum Gasteiger partial charge on any atom is -0.465 e. The second-order valence-corrected chi connectivity index (χ2v) is 5.82. The van der Waals surface area contributed by atoms with Gasteiger partial charge in [-0.05, 0) is 26.3 Å². The molecule has 1 amide bonds. The highest BCUT2D eigenvalue weighted by atomic mass is 32.1. The number of fused-ring (bicyclic) bond motifs is 1. The Kier molecular flexibility index (Phi) is 6.00. The van der Waals surface area contributed by atoms with Gasteiger partial charge in [0.15, 0.2) is 10.8 Å². The van der Waals surface area contributed by atoms with E-state index in [2.05, 4.69) is 15.3 Å². The summed E-state index contributed by atoms with van der Waals surface area (Å²) in [6, 6.07) is 1.65. The summed E-state index contributed by atoms with van der Waals surface area (Å²) in [6.07, 6.45) is 1.00. The maximum absolute atomic E-state index is 11.9. The van der Waals surface area contributed by atoms with Gasteiger partial charge in [-0.2, -0.15) is 4.98 Å². The van der Waals surface area contributed by atoms with Crippen molar-refractivity contribution in [2.24, 2.45) is 0 Å². The van der Waals surface area contributed by atoms with E-state index in [1.165, 1.54) is 18.4 Å². The van der Waals surface area contributed by atoms with E-state index in [-0.39, 0.29) is 5.91 Å². The van der Waals surface area contributed by atoms with Crippen LogP contribution in [0.2, 0.25) is 0 Å². The number of thiazole rings is 1. The lowest BCUT2D eigenvalue weighted by Crippen LogP contribution is -2.12. The minimum atomic E-state index is -0.446. The molecule has 0 saturated heterocycles. The normalized spacial score (nSPS) is 10.7. The summed E-state index contributed by atoms with van der Waals surface area (Å²) >= 11 is 1.21. The van der Waals surface area contributed by atoms with Gasteiger partial charge in [0.2, 0.25) is 5.91 Å². The Morgan fingerprint density at radius 1 is 1.35 bits per heavy atom. The SMILES string of the molecule is CCOCCCC(=O)Nc1nc2nc(C)cc(C(=O)OC)c2s1. The first-order valence-electron chi connectivity index (χ1n) is 7.29. The quantitative estimate of drug-likeness (QED) is 0.617. The number of hydrogen-bond donors (Lipinski definition) is 1. The van der Waals surface area contributed by atoms with Gasteiger partial charge in [0.1, 0.15) is 0 Å². The number of nitrogens with zero attached hydrogens (tertiary/aromatic N) is 2. The van der Waals surface area contributed by atoms with Gasteiger partial charge in [0, 0.05) is 25.3 Å². The molecule has 0 saturated carbocycles. The zero-order valence-corrected chi connectivity index (χ0v) is 14.2. The molecule has 0 aliphatic heterocycles. The van der Waals surface area contributed by atoms with Crippen LogP contribution < -0.4 is 5.32 Å². The fourth-order valence-corrected chi connectivity index (χ4v) is 2.94. The second kappa shape index (κ2) is 7.98. The lowest BCUT2D eigenvalue weighted by molar-refractivity contribution is -0.116. The first-order chi connectivity index (χ1) is 11.0. The van der Waals surface area contributed by atoms with E-state index in [4.69, 9.17) is 9.47 Å². The third-order valence-corrected chi connectivity index (χ3v) is 4.03. The number of aromatic nitrogens is 2. The number of amides is 1. The van der Waals surface area contributed by atoms with E-state index >= 15 is 0 Å². The largest absolute Gasteiger partial charge is 0.465 e. The highest BCUT2D eigenvalue weighted by Gasteiger charge is 2.17. The molecule has 0 unspecified atom stereocenters. The Hall–Kier alpha value is -2.06. The lowest BCUT2D eigenvalue weighted by atomic mass is 10.2. The van der Waals surface area contributed by atoms with Crippen LogP contribution in [0.25, 0.3) is 10.3 Å². The number of methoxy groups -OCH3 is 1. The van der Waals surface area contributed by atoms with Crippen molar-refractivity contribution in [3.8, 4) is 0 Å². The maximum Gasteiger partial charge on any atom is 0.339 e. The number of rotatable bonds is 7. The Morgan fingerprint density at radius 2 is 2.13 bits per heavy atom. The van der Waals surface area contributed by atoms with Crippen LogP contribution in [0.4, 0.5) is 5.13 Å². The van der Waals surface area contributed by atoms with E-state index in [1.54, 1.807) is 13.0 Å². The monoisotopic (exact) mass is 337 g/mol. The molecule has 2 aromatic heterocycles. The molecule has 0 atom stereocenters. The molecule has 0 aliphatic carbocycles. The van der Waals surface area contributed by atoms with Gasteiger partial charge in [-0.25, -0.2) is 9.78 Å². The first kappa shape index (κ1) is 17.3. The average molecular weight is 337 g/mol. The summed E-state index contributed by atoms with van der Waals surface area (Å²) in [7, 11) is 1.33. The number of carbonyl (C=O) groups is 2. The Balaban J connectivity index is 2.13. The number of anilines is 1. The summed E-state index contributed by atoms with van der Waals surface area (Å²) in [5, 5.41) is 3.15. The topological polar surface area (TPSA) is 90.4 Å². The molecule has 0 fully saturated rings. The summed E-state index contributed by atoms with van der Waals surface area (Å²) in [6.45, 7) is 4.88. The van der Waals surface area contributed by atoms with Crippen molar-refractivity contribution in [3.05, 3.63) is 17.3 Å². The molecule has 2 rings (SSSR count). The molecule has 0 aromatic carbocycles. The van der Waals surface area contributed by atoms with Crippen molar-refractivity contribution in [2.75, 3.05) is 25.6 Å². The van der Waals surface area contributed by atoms with Crippen LogP contribution in [0.3, 0.4) is 0 Å². The Labute approximate surface area is 138 Å². The van der Waals surface area contributed by atoms with Crippen molar-refractivity contribution < 1.29 is 19.1 Å². The molecular weight excluding hydrogens is 318 g/mol. The fraction of sp³-hybridized carbons (Fsp3) is 0.467. The van der Waals surface area contributed by atoms with E-state index in [0.717, 1.165) is 0 Å². The molecule has 0 bridgehead atoms. The zero-order valence-electron chi connectivity index (χ0n) is 13.3. The van der Waals surface area contributed by atoms with Gasteiger partial charge in [-0.3, -0.25) is 4.79 Å². The van der Waals surface area contributed by atoms with Crippen molar-refractivity contribution in [2.45, 2.75) is 26.7 Å². The molecule has 23 heavy (non-hydrogen) atoms. The van der Waals surface area contributed by atoms with Crippen LogP contribution in [0, 0.1) is 6.92 Å². The predicted octanol–water partition coefficient (Wildman–Crippen LogP) is 2.54. The molecule has 2 heterocycles. The zero-order chi connectivity index (χ0) is 16.8. The standard InChI is InChI=1S/C15H19N3O4S/c1-4-22-7-5-6-11(19)17-15-18-13-12(23-15)10(14(20)21-3)8-9(2)16-13/h8H,4-7H2,1-3H3,(H,16,17,18,19). The van der Waals surface area contributed by atoms with E-state index in [1.807, 2.05) is 6.92 Å². The van der Waals surface area contributed by atoms with Crippen LogP contribution >= 0.6 is 11.3 Å². The molecule has 2 aromatic rings. The number of aryl methyl sites for hydroxylation is 1. The Morgan fingerprint density at radius 3 is 2.83 bits per heavy atom. The first-order valence-corrected chi connectivity index (χ1v) is 8.11. The number of esters is 1. The molecule has 0 spiro atoms. The smallest absolute Gasteiger partial charge is 0.339 e. The maximum atomic E-state index is 11.9. The van der Waals surface area contributed by atoms with Gasteiger partial charge < -0.3 is 14.8 Å². The van der Waals surface area contributed by atoms with Crippen molar-refractivity contribution in [1.29, 1.82) is 0 Å². The third-order valence-electron chi connectivity index (χ3n) is 3.04. The van der Waals surface area contributed by atoms with Crippen molar-refractivity contribution >= 4 is 38.7 Å². The van der Waals surface area contributed by atoms with E-state index in [9.17, 15) is 9.59 Å². The number of carbonyl (C=O) groups excluding carboxylic acids is 2. The number of hydrogen-bond acceptors (Lipinski definition) is 7. The fourth-order valence-electron chi connectivity index (χ4n) is 2.01. The van der Waals surface area contributed by atoms with Gasteiger partial charge in [-0.15, -0.1) is 0 Å². The predicted molar refractivity (Wildman–Crippen MR) is 87.8 cm³/mol. The van der Waals surface area contributed by atoms with Crippen LogP contribution in [0.5, 0.6) is 0 Å². The van der Waals surface area contributed by atoms with Gasteiger partial charge >= 0.3 is 5.97 Å². The number of pyridine rings is 1.